The monoisotopic (exact) mass is 264 g/mol. The molecule has 0 saturated carbocycles. The molecule has 1 fully saturated rings. The highest BCUT2D eigenvalue weighted by atomic mass is 16.4. The number of nitrogens with zero attached hydrogens (tertiary/aromatic N) is 3. The number of pyridine rings is 1. The molecule has 0 amide bonds. The largest absolute Gasteiger partial charge is 0.477 e. The van der Waals surface area contributed by atoms with Crippen molar-refractivity contribution in [1.29, 1.82) is 0 Å². The highest BCUT2D eigenvalue weighted by Gasteiger charge is 2.23. The number of nitrogen functional groups attached to an aromatic ring is 1. The van der Waals surface area contributed by atoms with E-state index < -0.39 is 5.97 Å². The number of aromatic carboxylic acids is 1. The van der Waals surface area contributed by atoms with Crippen molar-refractivity contribution in [1.82, 2.24) is 9.88 Å². The van der Waals surface area contributed by atoms with Crippen LogP contribution in [0.15, 0.2) is 12.1 Å². The van der Waals surface area contributed by atoms with Crippen molar-refractivity contribution in [3.8, 4) is 0 Å². The van der Waals surface area contributed by atoms with Crippen LogP contribution in [0.4, 0.5) is 11.5 Å². The lowest BCUT2D eigenvalue weighted by Gasteiger charge is -2.36. The zero-order valence-corrected chi connectivity index (χ0v) is 11.3. The van der Waals surface area contributed by atoms with Gasteiger partial charge < -0.3 is 20.6 Å². The van der Waals surface area contributed by atoms with Gasteiger partial charge in [0.05, 0.1) is 5.69 Å². The first-order chi connectivity index (χ1) is 8.99. The molecule has 0 atom stereocenters. The van der Waals surface area contributed by atoms with Gasteiger partial charge in [-0.25, -0.2) is 9.78 Å². The maximum Gasteiger partial charge on any atom is 0.354 e. The standard InChI is InChI=1S/C13H20N4O2/c1-16(2)9-5-7-17(8-6-9)12-10(14)3-4-11(15-12)13(18)19/h3-4,9H,5-8,14H2,1-2H3,(H,18,19). The molecule has 0 radical (unpaired) electrons. The Bertz CT molecular complexity index is 468. The van der Waals surface area contributed by atoms with Crippen LogP contribution in [0.1, 0.15) is 23.3 Å². The van der Waals surface area contributed by atoms with Crippen molar-refractivity contribution in [3.05, 3.63) is 17.8 Å². The molecule has 1 aromatic rings. The molecule has 1 aromatic heterocycles. The molecule has 0 aromatic carbocycles. The Morgan fingerprint density at radius 2 is 2.05 bits per heavy atom. The number of hydrogen-bond acceptors (Lipinski definition) is 5. The van der Waals surface area contributed by atoms with Gasteiger partial charge in [-0.3, -0.25) is 0 Å². The van der Waals surface area contributed by atoms with Crippen molar-refractivity contribution >= 4 is 17.5 Å². The van der Waals surface area contributed by atoms with Crippen molar-refractivity contribution < 1.29 is 9.90 Å². The lowest BCUT2D eigenvalue weighted by molar-refractivity contribution is 0.0690. The Hall–Kier alpha value is -1.82. The summed E-state index contributed by atoms with van der Waals surface area (Å²) >= 11 is 0. The lowest BCUT2D eigenvalue weighted by atomic mass is 10.0. The van der Waals surface area contributed by atoms with Gasteiger partial charge in [0.25, 0.3) is 0 Å². The SMILES string of the molecule is CN(C)C1CCN(c2nc(C(=O)O)ccc2N)CC1. The molecule has 2 rings (SSSR count). The average molecular weight is 264 g/mol. The van der Waals surface area contributed by atoms with E-state index in [9.17, 15) is 4.79 Å². The smallest absolute Gasteiger partial charge is 0.354 e. The highest BCUT2D eigenvalue weighted by molar-refractivity contribution is 5.87. The van der Waals surface area contributed by atoms with Gasteiger partial charge in [-0.05, 0) is 39.1 Å². The topological polar surface area (TPSA) is 82.7 Å². The number of rotatable bonds is 3. The quantitative estimate of drug-likeness (QED) is 0.843. The van der Waals surface area contributed by atoms with Gasteiger partial charge in [-0.2, -0.15) is 0 Å². The maximum absolute atomic E-state index is 11.0. The van der Waals surface area contributed by atoms with Gasteiger partial charge in [0.15, 0.2) is 11.5 Å². The molecule has 0 bridgehead atoms. The number of piperidine rings is 1. The molecule has 0 aliphatic carbocycles. The fourth-order valence-electron chi connectivity index (χ4n) is 2.43. The van der Waals surface area contributed by atoms with Crippen LogP contribution < -0.4 is 10.6 Å². The number of carboxylic acid groups (broad SMARTS) is 1. The van der Waals surface area contributed by atoms with E-state index in [0.29, 0.717) is 17.5 Å². The fraction of sp³-hybridized carbons (Fsp3) is 0.538. The van der Waals surface area contributed by atoms with Crippen molar-refractivity contribution in [2.75, 3.05) is 37.8 Å². The van der Waals surface area contributed by atoms with E-state index in [1.165, 1.54) is 6.07 Å². The summed E-state index contributed by atoms with van der Waals surface area (Å²) in [6.45, 7) is 1.70. The number of anilines is 2. The van der Waals surface area contributed by atoms with Gasteiger partial charge in [-0.1, -0.05) is 0 Å². The van der Waals surface area contributed by atoms with E-state index >= 15 is 0 Å². The number of hydrogen-bond donors (Lipinski definition) is 2. The van der Waals surface area contributed by atoms with Gasteiger partial charge in [0.2, 0.25) is 0 Å². The summed E-state index contributed by atoms with van der Waals surface area (Å²) in [6, 6.07) is 3.62. The van der Waals surface area contributed by atoms with Crippen LogP contribution in [0.2, 0.25) is 0 Å². The first kappa shape index (κ1) is 13.6. The molecular formula is C13H20N4O2. The molecule has 3 N–H and O–H groups in total. The fourth-order valence-corrected chi connectivity index (χ4v) is 2.43. The third-order valence-corrected chi connectivity index (χ3v) is 3.62. The predicted octanol–water partition coefficient (Wildman–Crippen LogP) is 0.892. The first-order valence-electron chi connectivity index (χ1n) is 6.40. The van der Waals surface area contributed by atoms with Crippen LogP contribution >= 0.6 is 0 Å². The molecular weight excluding hydrogens is 244 g/mol. The van der Waals surface area contributed by atoms with Crippen LogP contribution in [0.5, 0.6) is 0 Å². The summed E-state index contributed by atoms with van der Waals surface area (Å²) in [5.74, 6) is -0.429. The number of carbonyl (C=O) groups is 1. The van der Waals surface area contributed by atoms with E-state index in [1.54, 1.807) is 6.07 Å². The van der Waals surface area contributed by atoms with Crippen LogP contribution in [-0.4, -0.2) is 54.2 Å². The number of carboxylic acids is 1. The second-order valence-electron chi connectivity index (χ2n) is 5.10. The lowest BCUT2D eigenvalue weighted by Crippen LogP contribution is -2.42. The third-order valence-electron chi connectivity index (χ3n) is 3.62. The molecule has 104 valence electrons. The minimum atomic E-state index is -1.02. The Morgan fingerprint density at radius 1 is 1.42 bits per heavy atom. The summed E-state index contributed by atoms with van der Waals surface area (Å²) in [4.78, 5) is 19.4. The summed E-state index contributed by atoms with van der Waals surface area (Å²) in [6.07, 6.45) is 2.07. The van der Waals surface area contributed by atoms with Crippen LogP contribution in [0.3, 0.4) is 0 Å². The van der Waals surface area contributed by atoms with Gasteiger partial charge in [0, 0.05) is 19.1 Å². The van der Waals surface area contributed by atoms with Crippen molar-refractivity contribution in [2.45, 2.75) is 18.9 Å². The second kappa shape index (κ2) is 5.44. The van der Waals surface area contributed by atoms with E-state index in [1.807, 2.05) is 0 Å². The summed E-state index contributed by atoms with van der Waals surface area (Å²) in [5, 5.41) is 8.98. The Kier molecular flexibility index (Phi) is 3.90. The van der Waals surface area contributed by atoms with Crippen LogP contribution in [0, 0.1) is 0 Å². The van der Waals surface area contributed by atoms with Gasteiger partial charge in [0.1, 0.15) is 0 Å². The summed E-state index contributed by atoms with van der Waals surface area (Å²) in [5.41, 5.74) is 6.48. The highest BCUT2D eigenvalue weighted by Crippen LogP contribution is 2.25. The average Bonchev–Trinajstić information content (AvgIpc) is 2.39. The van der Waals surface area contributed by atoms with E-state index in [4.69, 9.17) is 10.8 Å². The molecule has 0 unspecified atom stereocenters. The Balaban J connectivity index is 2.15. The van der Waals surface area contributed by atoms with Crippen molar-refractivity contribution in [3.63, 3.8) is 0 Å². The zero-order valence-electron chi connectivity index (χ0n) is 11.3. The molecule has 6 heteroatoms. The predicted molar refractivity (Wildman–Crippen MR) is 74.5 cm³/mol. The molecule has 1 aliphatic heterocycles. The van der Waals surface area contributed by atoms with E-state index in [-0.39, 0.29) is 5.69 Å². The molecule has 6 nitrogen and oxygen atoms in total. The minimum absolute atomic E-state index is 0.0407. The van der Waals surface area contributed by atoms with Crippen molar-refractivity contribution in [2.24, 2.45) is 0 Å². The number of aromatic nitrogens is 1. The van der Waals surface area contributed by atoms with E-state index in [0.717, 1.165) is 25.9 Å². The minimum Gasteiger partial charge on any atom is -0.477 e. The summed E-state index contributed by atoms with van der Waals surface area (Å²) < 4.78 is 0. The molecule has 0 spiro atoms. The third kappa shape index (κ3) is 2.96. The molecule has 19 heavy (non-hydrogen) atoms. The summed E-state index contributed by atoms with van der Waals surface area (Å²) in [7, 11) is 4.16. The van der Waals surface area contributed by atoms with Crippen LogP contribution in [-0.2, 0) is 0 Å². The number of nitrogens with two attached hydrogens (primary N) is 1. The van der Waals surface area contributed by atoms with Gasteiger partial charge in [-0.15, -0.1) is 0 Å². The normalized spacial score (nSPS) is 16.9. The van der Waals surface area contributed by atoms with Gasteiger partial charge >= 0.3 is 5.97 Å². The second-order valence-corrected chi connectivity index (χ2v) is 5.10. The molecule has 1 saturated heterocycles. The van der Waals surface area contributed by atoms with Crippen LogP contribution in [0.25, 0.3) is 0 Å². The van der Waals surface area contributed by atoms with E-state index in [2.05, 4.69) is 28.9 Å². The first-order valence-corrected chi connectivity index (χ1v) is 6.40. The Labute approximate surface area is 112 Å². The Morgan fingerprint density at radius 3 is 2.58 bits per heavy atom. The maximum atomic E-state index is 11.0. The molecule has 2 heterocycles. The molecule has 1 aliphatic rings. The zero-order chi connectivity index (χ0) is 14.0.